The molecule has 2 N–H and O–H groups in total. The van der Waals surface area contributed by atoms with Gasteiger partial charge in [0.25, 0.3) is 0 Å². The fourth-order valence-electron chi connectivity index (χ4n) is 3.34. The van der Waals surface area contributed by atoms with Crippen molar-refractivity contribution < 1.29 is 4.79 Å². The van der Waals surface area contributed by atoms with Gasteiger partial charge < -0.3 is 15.5 Å². The van der Waals surface area contributed by atoms with Gasteiger partial charge in [-0.1, -0.05) is 6.92 Å². The van der Waals surface area contributed by atoms with Crippen LogP contribution < -0.4 is 10.6 Å². The monoisotopic (exact) mass is 323 g/mol. The predicted octanol–water partition coefficient (Wildman–Crippen LogP) is 1.27. The van der Waals surface area contributed by atoms with Gasteiger partial charge in [0.15, 0.2) is 0 Å². The number of aromatic nitrogens is 2. The molecule has 2 atom stereocenters. The van der Waals surface area contributed by atoms with Crippen LogP contribution in [-0.4, -0.2) is 52.4 Å². The molecule has 7 heteroatoms. The number of carbonyl (C=O) groups excluding carboxylic acids is 1. The number of hydrogen-bond acceptors (Lipinski definition) is 6. The molecule has 2 aliphatic rings. The maximum absolute atomic E-state index is 12.6. The van der Waals surface area contributed by atoms with Gasteiger partial charge in [0.2, 0.25) is 11.0 Å². The number of aryl methyl sites for hydroxylation is 1. The summed E-state index contributed by atoms with van der Waals surface area (Å²) in [4.78, 5) is 21.5. The van der Waals surface area contributed by atoms with E-state index in [4.69, 9.17) is 5.73 Å². The molecule has 0 radical (unpaired) electrons. The van der Waals surface area contributed by atoms with Gasteiger partial charge in [-0.3, -0.25) is 4.79 Å². The largest absolute Gasteiger partial charge is 0.345 e. The van der Waals surface area contributed by atoms with Crippen molar-refractivity contribution in [1.29, 1.82) is 0 Å². The molecule has 6 nitrogen and oxygen atoms in total. The number of hydrogen-bond donors (Lipinski definition) is 1. The molecule has 2 fully saturated rings. The second-order valence-corrected chi connectivity index (χ2v) is 7.01. The Morgan fingerprint density at radius 1 is 1.32 bits per heavy atom. The number of rotatable bonds is 3. The van der Waals surface area contributed by atoms with Crippen LogP contribution in [0.5, 0.6) is 0 Å². The number of amides is 1. The summed E-state index contributed by atoms with van der Waals surface area (Å²) in [6, 6.07) is 0.214. The van der Waals surface area contributed by atoms with E-state index in [1.807, 2.05) is 4.90 Å². The Hall–Kier alpha value is -1.21. The zero-order chi connectivity index (χ0) is 15.5. The highest BCUT2D eigenvalue weighted by molar-refractivity contribution is 7.09. The number of nitrogens with zero attached hydrogens (tertiary/aromatic N) is 4. The number of anilines is 1. The van der Waals surface area contributed by atoms with E-state index in [2.05, 4.69) is 21.2 Å². The van der Waals surface area contributed by atoms with Crippen LogP contribution in [0.25, 0.3) is 0 Å². The van der Waals surface area contributed by atoms with Crippen LogP contribution in [0.15, 0.2) is 0 Å². The van der Waals surface area contributed by atoms with Crippen molar-refractivity contribution in [3.05, 3.63) is 5.82 Å². The van der Waals surface area contributed by atoms with E-state index in [1.165, 1.54) is 11.5 Å². The van der Waals surface area contributed by atoms with Gasteiger partial charge in [0.1, 0.15) is 5.82 Å². The molecule has 0 unspecified atom stereocenters. The lowest BCUT2D eigenvalue weighted by molar-refractivity contribution is -0.135. The zero-order valence-electron chi connectivity index (χ0n) is 13.2. The molecule has 1 aromatic heterocycles. The smallest absolute Gasteiger partial charge is 0.225 e. The molecule has 0 aromatic carbocycles. The van der Waals surface area contributed by atoms with E-state index in [1.54, 1.807) is 0 Å². The van der Waals surface area contributed by atoms with E-state index in [0.717, 1.165) is 69.2 Å². The second-order valence-electron chi connectivity index (χ2n) is 6.28. The molecule has 0 spiro atoms. The summed E-state index contributed by atoms with van der Waals surface area (Å²) < 4.78 is 4.36. The van der Waals surface area contributed by atoms with Gasteiger partial charge in [0.05, 0.1) is 0 Å². The van der Waals surface area contributed by atoms with Crippen LogP contribution in [-0.2, 0) is 11.2 Å². The molecule has 1 aliphatic heterocycles. The van der Waals surface area contributed by atoms with Crippen molar-refractivity contribution in [3.63, 3.8) is 0 Å². The normalized spacial score (nSPS) is 26.3. The third-order valence-electron chi connectivity index (χ3n) is 4.67. The minimum atomic E-state index is 0.148. The first-order chi connectivity index (χ1) is 10.7. The van der Waals surface area contributed by atoms with Gasteiger partial charge in [-0.15, -0.1) is 0 Å². The lowest BCUT2D eigenvalue weighted by Gasteiger charge is -2.24. The van der Waals surface area contributed by atoms with Gasteiger partial charge in [0, 0.05) is 56.1 Å². The fraction of sp³-hybridized carbons (Fsp3) is 0.800. The van der Waals surface area contributed by atoms with E-state index in [9.17, 15) is 4.79 Å². The van der Waals surface area contributed by atoms with Gasteiger partial charge in [-0.2, -0.15) is 4.37 Å². The van der Waals surface area contributed by atoms with Gasteiger partial charge in [-0.05, 0) is 25.7 Å². The lowest BCUT2D eigenvalue weighted by atomic mass is 10.1. The first-order valence-electron chi connectivity index (χ1n) is 8.29. The predicted molar refractivity (Wildman–Crippen MR) is 88.0 cm³/mol. The fourth-order valence-corrected chi connectivity index (χ4v) is 4.15. The summed E-state index contributed by atoms with van der Waals surface area (Å²) in [6.07, 6.45) is 4.66. The molecule has 1 aliphatic carbocycles. The van der Waals surface area contributed by atoms with Crippen LogP contribution in [0.1, 0.15) is 38.4 Å². The first-order valence-corrected chi connectivity index (χ1v) is 9.06. The van der Waals surface area contributed by atoms with Crippen LogP contribution in [0.4, 0.5) is 5.13 Å². The van der Waals surface area contributed by atoms with Crippen molar-refractivity contribution >= 4 is 22.6 Å². The lowest BCUT2D eigenvalue weighted by Crippen LogP contribution is -2.38. The SMILES string of the molecule is CCc1nsc(N2CCCN(C(=O)[C@H]3CC[C@H](N)C3)CC2)n1. The minimum absolute atomic E-state index is 0.148. The highest BCUT2D eigenvalue weighted by atomic mass is 32.1. The van der Waals surface area contributed by atoms with Crippen LogP contribution in [0.2, 0.25) is 0 Å². The number of carbonyl (C=O) groups is 1. The topological polar surface area (TPSA) is 75.4 Å². The van der Waals surface area contributed by atoms with Crippen molar-refractivity contribution in [3.8, 4) is 0 Å². The second kappa shape index (κ2) is 6.91. The summed E-state index contributed by atoms with van der Waals surface area (Å²) in [7, 11) is 0. The Balaban J connectivity index is 1.58. The van der Waals surface area contributed by atoms with E-state index >= 15 is 0 Å². The Bertz CT molecular complexity index is 520. The molecule has 0 bridgehead atoms. The maximum Gasteiger partial charge on any atom is 0.225 e. The summed E-state index contributed by atoms with van der Waals surface area (Å²) in [6.45, 7) is 5.50. The Morgan fingerprint density at radius 3 is 2.86 bits per heavy atom. The highest BCUT2D eigenvalue weighted by Crippen LogP contribution is 2.27. The van der Waals surface area contributed by atoms with Crippen molar-refractivity contribution in [2.45, 2.75) is 45.1 Å². The van der Waals surface area contributed by atoms with Crippen LogP contribution >= 0.6 is 11.5 Å². The van der Waals surface area contributed by atoms with Gasteiger partial charge in [-0.25, -0.2) is 4.98 Å². The molecule has 2 heterocycles. The third kappa shape index (κ3) is 3.41. The van der Waals surface area contributed by atoms with Gasteiger partial charge >= 0.3 is 0 Å². The summed E-state index contributed by atoms with van der Waals surface area (Å²) in [5.41, 5.74) is 5.94. The summed E-state index contributed by atoms with van der Waals surface area (Å²) in [5.74, 6) is 1.37. The minimum Gasteiger partial charge on any atom is -0.345 e. The molecular weight excluding hydrogens is 298 g/mol. The van der Waals surface area contributed by atoms with Crippen LogP contribution in [0, 0.1) is 5.92 Å². The zero-order valence-corrected chi connectivity index (χ0v) is 14.0. The molecule has 122 valence electrons. The molecule has 3 rings (SSSR count). The van der Waals surface area contributed by atoms with Crippen molar-refractivity contribution in [2.24, 2.45) is 11.7 Å². The van der Waals surface area contributed by atoms with Crippen molar-refractivity contribution in [1.82, 2.24) is 14.3 Å². The number of nitrogens with two attached hydrogens (primary N) is 1. The molecular formula is C15H25N5OS. The van der Waals surface area contributed by atoms with E-state index in [0.29, 0.717) is 5.91 Å². The standard InChI is InChI=1S/C15H25N5OS/c1-2-13-17-15(22-18-13)20-7-3-6-19(8-9-20)14(21)11-4-5-12(16)10-11/h11-12H,2-10,16H2,1H3/t11-,12-/m0/s1. The molecule has 1 saturated heterocycles. The quantitative estimate of drug-likeness (QED) is 0.906. The molecule has 1 amide bonds. The first kappa shape index (κ1) is 15.7. The van der Waals surface area contributed by atoms with E-state index < -0.39 is 0 Å². The maximum atomic E-state index is 12.6. The van der Waals surface area contributed by atoms with Crippen LogP contribution in [0.3, 0.4) is 0 Å². The summed E-state index contributed by atoms with van der Waals surface area (Å²) >= 11 is 1.47. The summed E-state index contributed by atoms with van der Waals surface area (Å²) in [5, 5.41) is 0.994. The average molecular weight is 323 g/mol. The molecule has 1 aromatic rings. The Labute approximate surface area is 135 Å². The van der Waals surface area contributed by atoms with E-state index in [-0.39, 0.29) is 12.0 Å². The molecule has 1 saturated carbocycles. The van der Waals surface area contributed by atoms with Crippen molar-refractivity contribution in [2.75, 3.05) is 31.1 Å². The third-order valence-corrected chi connectivity index (χ3v) is 5.49. The average Bonchev–Trinajstić information content (AvgIpc) is 3.10. The highest BCUT2D eigenvalue weighted by Gasteiger charge is 2.32. The Kier molecular flexibility index (Phi) is 4.93. The Morgan fingerprint density at radius 2 is 2.18 bits per heavy atom. The molecule has 22 heavy (non-hydrogen) atoms.